The smallest absolute Gasteiger partial charge is 0.426 e. The van der Waals surface area contributed by atoms with Crippen LogP contribution in [-0.2, 0) is 6.11 Å². The molecule has 0 aliphatic heterocycles. The maximum absolute atomic E-state index is 14.2. The van der Waals surface area contributed by atoms with Gasteiger partial charge in [-0.25, -0.2) is 23.1 Å². The van der Waals surface area contributed by atoms with E-state index in [9.17, 15) is 22.0 Å². The molecule has 0 aliphatic carbocycles. The first-order valence-corrected chi connectivity index (χ1v) is 7.37. The normalized spacial score (nSPS) is 11.5. The Bertz CT molecular complexity index is 904. The van der Waals surface area contributed by atoms with Crippen LogP contribution in [0.3, 0.4) is 0 Å². The molecule has 0 saturated heterocycles. The van der Waals surface area contributed by atoms with Gasteiger partial charge in [0.25, 0.3) is 0 Å². The fourth-order valence-corrected chi connectivity index (χ4v) is 2.15. The molecule has 0 fully saturated rings. The zero-order valence-corrected chi connectivity index (χ0v) is 13.3. The van der Waals surface area contributed by atoms with E-state index in [-0.39, 0.29) is 0 Å². The molecule has 1 heterocycles. The summed E-state index contributed by atoms with van der Waals surface area (Å²) in [6, 6.07) is 5.58. The Labute approximate surface area is 145 Å². The molecule has 0 saturated carbocycles. The van der Waals surface area contributed by atoms with Gasteiger partial charge in [-0.2, -0.15) is 8.78 Å². The molecule has 0 amide bonds. The fraction of sp³-hybridized carbons (Fsp3) is 0.111. The number of hydrogen-bond acceptors (Lipinski definition) is 3. The molecule has 134 valence electrons. The number of hydrogen-bond donors (Lipinski definition) is 0. The van der Waals surface area contributed by atoms with Gasteiger partial charge >= 0.3 is 6.11 Å². The minimum atomic E-state index is -3.89. The average Bonchev–Trinajstić information content (AvgIpc) is 2.60. The second-order valence-corrected chi connectivity index (χ2v) is 5.48. The van der Waals surface area contributed by atoms with Crippen LogP contribution in [0, 0.1) is 24.4 Å². The molecule has 8 heteroatoms. The third-order valence-corrected chi connectivity index (χ3v) is 3.46. The van der Waals surface area contributed by atoms with E-state index in [0.29, 0.717) is 23.5 Å². The van der Waals surface area contributed by atoms with Gasteiger partial charge in [0.15, 0.2) is 23.3 Å². The number of aromatic nitrogens is 2. The van der Waals surface area contributed by atoms with Crippen LogP contribution in [0.25, 0.3) is 11.4 Å². The molecule has 3 aromatic rings. The standard InChI is InChI=1S/C18H11F5N2O/c1-10-8-24-17(25-9-10)11-2-4-12(5-3-11)18(22,23)26-13-6-14(19)16(21)15(20)7-13/h2-9H,1H3. The van der Waals surface area contributed by atoms with Gasteiger partial charge in [0.1, 0.15) is 5.75 Å². The first-order chi connectivity index (χ1) is 12.3. The maximum Gasteiger partial charge on any atom is 0.426 e. The molecular formula is C18H11F5N2O. The van der Waals surface area contributed by atoms with Crippen molar-refractivity contribution in [3.63, 3.8) is 0 Å². The van der Waals surface area contributed by atoms with E-state index in [1.54, 1.807) is 12.4 Å². The van der Waals surface area contributed by atoms with E-state index in [1.165, 1.54) is 12.1 Å². The Hall–Kier alpha value is -3.03. The topological polar surface area (TPSA) is 35.0 Å². The van der Waals surface area contributed by atoms with Gasteiger partial charge in [0, 0.05) is 30.1 Å². The summed E-state index contributed by atoms with van der Waals surface area (Å²) in [5, 5.41) is 0. The van der Waals surface area contributed by atoms with E-state index < -0.39 is 34.9 Å². The summed E-state index contributed by atoms with van der Waals surface area (Å²) in [5.74, 6) is -5.49. The largest absolute Gasteiger partial charge is 0.429 e. The first kappa shape index (κ1) is 17.8. The van der Waals surface area contributed by atoms with E-state index in [0.717, 1.165) is 17.7 Å². The van der Waals surface area contributed by atoms with Crippen molar-refractivity contribution in [1.82, 2.24) is 9.97 Å². The van der Waals surface area contributed by atoms with Crippen molar-refractivity contribution in [2.24, 2.45) is 0 Å². The quantitative estimate of drug-likeness (QED) is 0.482. The molecule has 0 radical (unpaired) electrons. The van der Waals surface area contributed by atoms with Crippen molar-refractivity contribution < 1.29 is 26.7 Å². The number of aryl methyl sites for hydroxylation is 1. The SMILES string of the molecule is Cc1cnc(-c2ccc(C(F)(F)Oc3cc(F)c(F)c(F)c3)cc2)nc1. The lowest BCUT2D eigenvalue weighted by atomic mass is 10.1. The zero-order chi connectivity index (χ0) is 18.9. The van der Waals surface area contributed by atoms with Gasteiger partial charge in [-0.1, -0.05) is 12.1 Å². The Kier molecular flexibility index (Phi) is 4.58. The summed E-state index contributed by atoms with van der Waals surface area (Å²) in [7, 11) is 0. The van der Waals surface area contributed by atoms with E-state index in [2.05, 4.69) is 14.7 Å². The second kappa shape index (κ2) is 6.70. The van der Waals surface area contributed by atoms with E-state index in [1.807, 2.05) is 6.92 Å². The Balaban J connectivity index is 1.84. The number of ether oxygens (including phenoxy) is 1. The summed E-state index contributed by atoms with van der Waals surface area (Å²) < 4.78 is 71.9. The van der Waals surface area contributed by atoms with Gasteiger partial charge in [0.05, 0.1) is 5.56 Å². The summed E-state index contributed by atoms with van der Waals surface area (Å²) in [6.07, 6.45) is -0.708. The second-order valence-electron chi connectivity index (χ2n) is 5.48. The number of alkyl halides is 2. The van der Waals surface area contributed by atoms with Gasteiger partial charge in [-0.15, -0.1) is 0 Å². The van der Waals surface area contributed by atoms with Gasteiger partial charge < -0.3 is 4.74 Å². The van der Waals surface area contributed by atoms with Crippen LogP contribution in [0.5, 0.6) is 5.75 Å². The molecular weight excluding hydrogens is 355 g/mol. The van der Waals surface area contributed by atoms with Crippen LogP contribution in [0.1, 0.15) is 11.1 Å². The minimum absolute atomic E-state index is 0.348. The van der Waals surface area contributed by atoms with Crippen molar-refractivity contribution >= 4 is 0 Å². The molecule has 2 aromatic carbocycles. The highest BCUT2D eigenvalue weighted by Crippen LogP contribution is 2.33. The Morgan fingerprint density at radius 3 is 1.96 bits per heavy atom. The van der Waals surface area contributed by atoms with Crippen molar-refractivity contribution in [2.45, 2.75) is 13.0 Å². The number of rotatable bonds is 4. The van der Waals surface area contributed by atoms with E-state index in [4.69, 9.17) is 0 Å². The summed E-state index contributed by atoms with van der Waals surface area (Å²) in [5.41, 5.74) is 0.797. The van der Waals surface area contributed by atoms with E-state index >= 15 is 0 Å². The van der Waals surface area contributed by atoms with Crippen LogP contribution in [-0.4, -0.2) is 9.97 Å². The fourth-order valence-electron chi connectivity index (χ4n) is 2.15. The van der Waals surface area contributed by atoms with Crippen molar-refractivity contribution in [3.8, 4) is 17.1 Å². The van der Waals surface area contributed by atoms with Gasteiger partial charge in [-0.05, 0) is 24.6 Å². The molecule has 0 atom stereocenters. The number of nitrogens with zero attached hydrogens (tertiary/aromatic N) is 2. The molecule has 3 nitrogen and oxygen atoms in total. The third-order valence-electron chi connectivity index (χ3n) is 3.46. The van der Waals surface area contributed by atoms with Crippen LogP contribution < -0.4 is 4.74 Å². The Morgan fingerprint density at radius 1 is 0.885 bits per heavy atom. The summed E-state index contributed by atoms with van der Waals surface area (Å²) >= 11 is 0. The predicted molar refractivity (Wildman–Crippen MR) is 83.0 cm³/mol. The highest BCUT2D eigenvalue weighted by Gasteiger charge is 2.35. The lowest BCUT2D eigenvalue weighted by molar-refractivity contribution is -0.185. The molecule has 0 aliphatic rings. The average molecular weight is 366 g/mol. The lowest BCUT2D eigenvalue weighted by Crippen LogP contribution is -2.22. The highest BCUT2D eigenvalue weighted by molar-refractivity contribution is 5.55. The van der Waals surface area contributed by atoms with Crippen molar-refractivity contribution in [1.29, 1.82) is 0 Å². The van der Waals surface area contributed by atoms with Crippen LogP contribution >= 0.6 is 0 Å². The third kappa shape index (κ3) is 3.63. The van der Waals surface area contributed by atoms with Gasteiger partial charge in [0.2, 0.25) is 0 Å². The van der Waals surface area contributed by atoms with Gasteiger partial charge in [-0.3, -0.25) is 0 Å². The molecule has 0 bridgehead atoms. The number of benzene rings is 2. The molecule has 26 heavy (non-hydrogen) atoms. The zero-order valence-electron chi connectivity index (χ0n) is 13.3. The van der Waals surface area contributed by atoms with Crippen molar-refractivity contribution in [2.75, 3.05) is 0 Å². The Morgan fingerprint density at radius 2 is 1.42 bits per heavy atom. The number of halogens is 5. The summed E-state index contributed by atoms with van der Waals surface area (Å²) in [4.78, 5) is 8.17. The van der Waals surface area contributed by atoms with Crippen LogP contribution in [0.4, 0.5) is 22.0 Å². The molecule has 1 aromatic heterocycles. The first-order valence-electron chi connectivity index (χ1n) is 7.37. The molecule has 0 unspecified atom stereocenters. The monoisotopic (exact) mass is 366 g/mol. The summed E-state index contributed by atoms with van der Waals surface area (Å²) in [6.45, 7) is 1.81. The maximum atomic E-state index is 14.2. The molecule has 0 N–H and O–H groups in total. The van der Waals surface area contributed by atoms with Crippen molar-refractivity contribution in [3.05, 3.63) is 77.4 Å². The minimum Gasteiger partial charge on any atom is -0.429 e. The molecule has 0 spiro atoms. The highest BCUT2D eigenvalue weighted by atomic mass is 19.3. The molecule has 3 rings (SSSR count). The predicted octanol–water partition coefficient (Wildman–Crippen LogP) is 5.00. The van der Waals surface area contributed by atoms with Crippen LogP contribution in [0.15, 0.2) is 48.8 Å². The van der Waals surface area contributed by atoms with Crippen LogP contribution in [0.2, 0.25) is 0 Å². The lowest BCUT2D eigenvalue weighted by Gasteiger charge is -2.18.